The molecule has 1 fully saturated rings. The average Bonchev–Trinajstić information content (AvgIpc) is 2.47. The molecule has 0 aromatic carbocycles. The molecule has 0 atom stereocenters. The fourth-order valence-corrected chi connectivity index (χ4v) is 2.62. The monoisotopic (exact) mass is 281 g/mol. The number of hydrogen-bond acceptors (Lipinski definition) is 5. The van der Waals surface area contributed by atoms with E-state index in [1.807, 2.05) is 11.8 Å². The highest BCUT2D eigenvalue weighted by Gasteiger charge is 2.20. The molecule has 0 saturated carbocycles. The number of anilines is 1. The van der Waals surface area contributed by atoms with E-state index in [-0.39, 0.29) is 5.56 Å². The Morgan fingerprint density at radius 2 is 1.95 bits per heavy atom. The fourth-order valence-electron chi connectivity index (χ4n) is 2.62. The summed E-state index contributed by atoms with van der Waals surface area (Å²) in [6, 6.07) is 0. The van der Waals surface area contributed by atoms with E-state index in [1.165, 1.54) is 11.7 Å². The van der Waals surface area contributed by atoms with Crippen molar-refractivity contribution in [1.29, 1.82) is 0 Å². The maximum Gasteiger partial charge on any atom is 0.346 e. The molecule has 2 heterocycles. The molecule has 20 heavy (non-hydrogen) atoms. The number of nitrogens with one attached hydrogen (secondary N) is 1. The Balaban J connectivity index is 2.27. The third kappa shape index (κ3) is 2.92. The molecule has 0 amide bonds. The van der Waals surface area contributed by atoms with Gasteiger partial charge in [-0.15, -0.1) is 5.10 Å². The van der Waals surface area contributed by atoms with Crippen LogP contribution in [-0.2, 0) is 14.1 Å². The smallest absolute Gasteiger partial charge is 0.346 e. The van der Waals surface area contributed by atoms with Crippen LogP contribution >= 0.6 is 0 Å². The van der Waals surface area contributed by atoms with E-state index in [0.717, 1.165) is 37.0 Å². The van der Waals surface area contributed by atoms with Gasteiger partial charge in [0.05, 0.1) is 0 Å². The minimum atomic E-state index is -0.392. The van der Waals surface area contributed by atoms with E-state index in [2.05, 4.69) is 10.4 Å². The van der Waals surface area contributed by atoms with Crippen molar-refractivity contribution >= 4 is 5.82 Å². The molecular weight excluding hydrogens is 258 g/mol. The molecule has 1 aliphatic rings. The van der Waals surface area contributed by atoms with Gasteiger partial charge in [-0.25, -0.2) is 9.48 Å². The molecule has 1 aliphatic heterocycles. The van der Waals surface area contributed by atoms with Gasteiger partial charge >= 0.3 is 5.69 Å². The van der Waals surface area contributed by atoms with Crippen LogP contribution < -0.4 is 21.5 Å². The molecule has 1 aromatic heterocycles. The Morgan fingerprint density at radius 3 is 2.55 bits per heavy atom. The van der Waals surface area contributed by atoms with Crippen LogP contribution in [0.1, 0.15) is 19.8 Å². The van der Waals surface area contributed by atoms with E-state index in [1.54, 1.807) is 7.05 Å². The number of piperidine rings is 1. The predicted octanol–water partition coefficient (Wildman–Crippen LogP) is -0.695. The number of hydrogen-bond donors (Lipinski definition) is 1. The molecule has 0 unspecified atom stereocenters. The lowest BCUT2D eigenvalue weighted by atomic mass is 9.97. The van der Waals surface area contributed by atoms with Crippen molar-refractivity contribution in [1.82, 2.24) is 19.7 Å². The van der Waals surface area contributed by atoms with Crippen molar-refractivity contribution in [2.75, 3.05) is 31.1 Å². The molecule has 0 radical (unpaired) electrons. The van der Waals surface area contributed by atoms with E-state index in [9.17, 15) is 9.59 Å². The molecule has 1 saturated heterocycles. The molecule has 0 aliphatic carbocycles. The summed E-state index contributed by atoms with van der Waals surface area (Å²) < 4.78 is 2.34. The largest absolute Gasteiger partial charge is 0.351 e. The SMILES string of the molecule is CCN(CC1CCNCC1)c1nn(C)c(=O)n(C)c1=O. The lowest BCUT2D eigenvalue weighted by Crippen LogP contribution is -2.45. The summed E-state index contributed by atoms with van der Waals surface area (Å²) >= 11 is 0. The van der Waals surface area contributed by atoms with Gasteiger partial charge in [0.1, 0.15) is 0 Å². The van der Waals surface area contributed by atoms with E-state index in [4.69, 9.17) is 0 Å². The van der Waals surface area contributed by atoms with Crippen LogP contribution in [-0.4, -0.2) is 40.5 Å². The third-order valence-electron chi connectivity index (χ3n) is 3.92. The number of rotatable bonds is 4. The van der Waals surface area contributed by atoms with Gasteiger partial charge in [0.2, 0.25) is 5.82 Å². The summed E-state index contributed by atoms with van der Waals surface area (Å²) in [6.45, 7) is 5.60. The van der Waals surface area contributed by atoms with E-state index < -0.39 is 5.69 Å². The fraction of sp³-hybridized carbons (Fsp3) is 0.769. The van der Waals surface area contributed by atoms with Crippen LogP contribution in [0.5, 0.6) is 0 Å². The van der Waals surface area contributed by atoms with Gasteiger partial charge in [0.15, 0.2) is 0 Å². The van der Waals surface area contributed by atoms with E-state index in [0.29, 0.717) is 18.3 Å². The first-order valence-electron chi connectivity index (χ1n) is 7.14. The maximum absolute atomic E-state index is 12.2. The zero-order valence-electron chi connectivity index (χ0n) is 12.4. The zero-order chi connectivity index (χ0) is 14.7. The van der Waals surface area contributed by atoms with Crippen LogP contribution in [0, 0.1) is 5.92 Å². The van der Waals surface area contributed by atoms with Crippen molar-refractivity contribution in [3.63, 3.8) is 0 Å². The second-order valence-electron chi connectivity index (χ2n) is 5.33. The Bertz CT molecular complexity index is 571. The van der Waals surface area contributed by atoms with Crippen molar-refractivity contribution in [3.8, 4) is 0 Å². The van der Waals surface area contributed by atoms with Gasteiger partial charge in [-0.3, -0.25) is 9.36 Å². The third-order valence-corrected chi connectivity index (χ3v) is 3.92. The minimum absolute atomic E-state index is 0.316. The summed E-state index contributed by atoms with van der Waals surface area (Å²) in [7, 11) is 3.07. The van der Waals surface area contributed by atoms with Crippen molar-refractivity contribution < 1.29 is 0 Å². The summed E-state index contributed by atoms with van der Waals surface area (Å²) in [5.41, 5.74) is -0.708. The zero-order valence-corrected chi connectivity index (χ0v) is 12.4. The molecule has 2 rings (SSSR count). The molecule has 7 nitrogen and oxygen atoms in total. The first kappa shape index (κ1) is 14.8. The van der Waals surface area contributed by atoms with Gasteiger partial charge < -0.3 is 10.2 Å². The summed E-state index contributed by atoms with van der Waals surface area (Å²) in [5.74, 6) is 0.940. The first-order valence-corrected chi connectivity index (χ1v) is 7.14. The Kier molecular flexibility index (Phi) is 4.59. The van der Waals surface area contributed by atoms with Gasteiger partial charge in [0.25, 0.3) is 5.56 Å². The summed E-state index contributed by atoms with van der Waals surface area (Å²) in [4.78, 5) is 25.9. The lowest BCUT2D eigenvalue weighted by Gasteiger charge is -2.29. The predicted molar refractivity (Wildman–Crippen MR) is 78.2 cm³/mol. The normalized spacial score (nSPS) is 16.4. The Hall–Kier alpha value is -1.63. The lowest BCUT2D eigenvalue weighted by molar-refractivity contribution is 0.372. The average molecular weight is 281 g/mol. The van der Waals surface area contributed by atoms with Crippen LogP contribution in [0.3, 0.4) is 0 Å². The highest BCUT2D eigenvalue weighted by molar-refractivity contribution is 5.34. The number of aromatic nitrogens is 3. The van der Waals surface area contributed by atoms with Gasteiger partial charge in [0, 0.05) is 27.2 Å². The molecule has 0 bridgehead atoms. The topological polar surface area (TPSA) is 72.2 Å². The Morgan fingerprint density at radius 1 is 1.30 bits per heavy atom. The second kappa shape index (κ2) is 6.21. The molecule has 1 aromatic rings. The van der Waals surface area contributed by atoms with Crippen molar-refractivity contribution in [2.24, 2.45) is 20.0 Å². The van der Waals surface area contributed by atoms with Gasteiger partial charge in [-0.2, -0.15) is 0 Å². The maximum atomic E-state index is 12.2. The van der Waals surface area contributed by atoms with Crippen LogP contribution in [0.2, 0.25) is 0 Å². The van der Waals surface area contributed by atoms with Gasteiger partial charge in [-0.05, 0) is 38.8 Å². The minimum Gasteiger partial charge on any atom is -0.351 e. The molecular formula is C13H23N5O2. The number of nitrogens with zero attached hydrogens (tertiary/aromatic N) is 4. The summed E-state index contributed by atoms with van der Waals surface area (Å²) in [5, 5.41) is 7.49. The van der Waals surface area contributed by atoms with Crippen LogP contribution in [0.4, 0.5) is 5.82 Å². The van der Waals surface area contributed by atoms with Crippen molar-refractivity contribution in [3.05, 3.63) is 20.8 Å². The van der Waals surface area contributed by atoms with Crippen LogP contribution in [0.25, 0.3) is 0 Å². The standard InChI is InChI=1S/C13H23N5O2/c1-4-18(9-10-5-7-14-8-6-10)11-12(19)16(2)13(20)17(3)15-11/h10,14H,4-9H2,1-3H3. The molecule has 0 spiro atoms. The summed E-state index contributed by atoms with van der Waals surface area (Å²) in [6.07, 6.45) is 2.23. The van der Waals surface area contributed by atoms with Gasteiger partial charge in [-0.1, -0.05) is 0 Å². The van der Waals surface area contributed by atoms with E-state index >= 15 is 0 Å². The molecule has 7 heteroatoms. The highest BCUT2D eigenvalue weighted by atomic mass is 16.2. The molecule has 112 valence electrons. The number of aryl methyl sites for hydroxylation is 1. The first-order chi connectivity index (χ1) is 9.54. The second-order valence-corrected chi connectivity index (χ2v) is 5.33. The highest BCUT2D eigenvalue weighted by Crippen LogP contribution is 2.15. The Labute approximate surface area is 118 Å². The van der Waals surface area contributed by atoms with Crippen molar-refractivity contribution in [2.45, 2.75) is 19.8 Å². The van der Waals surface area contributed by atoms with Crippen LogP contribution in [0.15, 0.2) is 9.59 Å². The quantitative estimate of drug-likeness (QED) is 0.790. The molecule has 1 N–H and O–H groups in total.